The van der Waals surface area contributed by atoms with Crippen LogP contribution in [0.2, 0.25) is 0 Å². The summed E-state index contributed by atoms with van der Waals surface area (Å²) >= 11 is 3.44. The number of aliphatic hydroxyl groups excluding tert-OH is 1. The number of hydrogen-bond acceptors (Lipinski definition) is 2. The fourth-order valence-corrected chi connectivity index (χ4v) is 2.50. The molecule has 0 aliphatic rings. The summed E-state index contributed by atoms with van der Waals surface area (Å²) in [7, 11) is 0. The molecule has 1 aromatic carbocycles. The van der Waals surface area contributed by atoms with Crippen molar-refractivity contribution in [3.8, 4) is 0 Å². The van der Waals surface area contributed by atoms with Crippen molar-refractivity contribution in [2.75, 3.05) is 0 Å². The first-order valence-corrected chi connectivity index (χ1v) is 6.94. The van der Waals surface area contributed by atoms with E-state index in [9.17, 15) is 5.11 Å². The molecular formula is C14H17BrN2O. The van der Waals surface area contributed by atoms with E-state index >= 15 is 0 Å². The highest BCUT2D eigenvalue weighted by molar-refractivity contribution is 9.10. The van der Waals surface area contributed by atoms with Gasteiger partial charge in [-0.25, -0.2) is 0 Å². The van der Waals surface area contributed by atoms with Gasteiger partial charge in [0, 0.05) is 6.54 Å². The Morgan fingerprint density at radius 3 is 2.50 bits per heavy atom. The number of aliphatic hydroxyl groups is 1. The van der Waals surface area contributed by atoms with E-state index < -0.39 is 6.10 Å². The molecule has 96 valence electrons. The summed E-state index contributed by atoms with van der Waals surface area (Å²) in [6.07, 6.45) is 2.09. The van der Waals surface area contributed by atoms with E-state index in [2.05, 4.69) is 40.1 Å². The smallest absolute Gasteiger partial charge is 0.122 e. The quantitative estimate of drug-likeness (QED) is 0.941. The first kappa shape index (κ1) is 13.3. The van der Waals surface area contributed by atoms with Gasteiger partial charge in [-0.3, -0.25) is 4.68 Å². The van der Waals surface area contributed by atoms with Crippen LogP contribution in [0.1, 0.15) is 36.8 Å². The molecule has 1 heterocycles. The van der Waals surface area contributed by atoms with Crippen LogP contribution in [0.3, 0.4) is 0 Å². The lowest BCUT2D eigenvalue weighted by atomic mass is 10.0. The minimum Gasteiger partial charge on any atom is -0.382 e. The second-order valence-corrected chi connectivity index (χ2v) is 5.05. The molecule has 0 aliphatic heterocycles. The molecule has 18 heavy (non-hydrogen) atoms. The van der Waals surface area contributed by atoms with E-state index in [-0.39, 0.29) is 0 Å². The molecule has 0 saturated carbocycles. The number of halogens is 1. The average Bonchev–Trinajstić information content (AvgIpc) is 2.79. The van der Waals surface area contributed by atoms with Gasteiger partial charge in [0.15, 0.2) is 0 Å². The SMILES string of the molecule is CCc1ccc(C(O)c2c(Br)cnn2CC)cc1. The summed E-state index contributed by atoms with van der Waals surface area (Å²) in [4.78, 5) is 0. The lowest BCUT2D eigenvalue weighted by Crippen LogP contribution is -2.09. The number of rotatable bonds is 4. The molecule has 4 heteroatoms. The van der Waals surface area contributed by atoms with Crippen LogP contribution in [-0.4, -0.2) is 14.9 Å². The molecule has 0 saturated heterocycles. The van der Waals surface area contributed by atoms with Crippen molar-refractivity contribution in [3.63, 3.8) is 0 Å². The molecule has 2 rings (SSSR count). The number of aryl methyl sites for hydroxylation is 2. The predicted molar refractivity (Wildman–Crippen MR) is 75.5 cm³/mol. The van der Waals surface area contributed by atoms with Gasteiger partial charge in [0.25, 0.3) is 0 Å². The highest BCUT2D eigenvalue weighted by Crippen LogP contribution is 2.28. The Morgan fingerprint density at radius 1 is 1.28 bits per heavy atom. The van der Waals surface area contributed by atoms with Crippen molar-refractivity contribution in [2.45, 2.75) is 32.9 Å². The van der Waals surface area contributed by atoms with Crippen LogP contribution in [0.25, 0.3) is 0 Å². The van der Waals surface area contributed by atoms with Crippen LogP contribution in [0.4, 0.5) is 0 Å². The van der Waals surface area contributed by atoms with Gasteiger partial charge in [0.1, 0.15) is 6.10 Å². The minimum atomic E-state index is -0.646. The third kappa shape index (κ3) is 2.49. The third-order valence-electron chi connectivity index (χ3n) is 3.10. The number of benzene rings is 1. The van der Waals surface area contributed by atoms with E-state index in [0.717, 1.165) is 28.7 Å². The molecule has 1 unspecified atom stereocenters. The molecule has 0 amide bonds. The first-order chi connectivity index (χ1) is 8.67. The second-order valence-electron chi connectivity index (χ2n) is 4.19. The standard InChI is InChI=1S/C14H17BrN2O/c1-3-10-5-7-11(8-6-10)14(18)13-12(15)9-16-17(13)4-2/h5-9,14,18H,3-4H2,1-2H3. The van der Waals surface area contributed by atoms with Gasteiger partial charge < -0.3 is 5.11 Å². The lowest BCUT2D eigenvalue weighted by molar-refractivity contribution is 0.207. The molecule has 0 radical (unpaired) electrons. The number of aromatic nitrogens is 2. The molecule has 1 N–H and O–H groups in total. The lowest BCUT2D eigenvalue weighted by Gasteiger charge is -2.14. The van der Waals surface area contributed by atoms with Gasteiger partial charge in [-0.05, 0) is 40.4 Å². The molecule has 0 fully saturated rings. The van der Waals surface area contributed by atoms with Crippen LogP contribution in [0.5, 0.6) is 0 Å². The minimum absolute atomic E-state index is 0.646. The van der Waals surface area contributed by atoms with Crippen LogP contribution in [0, 0.1) is 0 Å². The zero-order valence-corrected chi connectivity index (χ0v) is 12.2. The summed E-state index contributed by atoms with van der Waals surface area (Å²) in [5, 5.41) is 14.7. The van der Waals surface area contributed by atoms with Gasteiger partial charge in [0.05, 0.1) is 16.4 Å². The summed E-state index contributed by atoms with van der Waals surface area (Å²) in [6.45, 7) is 4.87. The van der Waals surface area contributed by atoms with Crippen molar-refractivity contribution in [2.24, 2.45) is 0 Å². The van der Waals surface area contributed by atoms with Crippen molar-refractivity contribution >= 4 is 15.9 Å². The van der Waals surface area contributed by atoms with E-state index in [4.69, 9.17) is 0 Å². The largest absolute Gasteiger partial charge is 0.382 e. The average molecular weight is 309 g/mol. The second kappa shape index (κ2) is 5.67. The summed E-state index contributed by atoms with van der Waals surface area (Å²) in [6, 6.07) is 8.06. The van der Waals surface area contributed by atoms with Crippen molar-refractivity contribution in [1.82, 2.24) is 9.78 Å². The fraction of sp³-hybridized carbons (Fsp3) is 0.357. The van der Waals surface area contributed by atoms with E-state index in [0.29, 0.717) is 0 Å². The Morgan fingerprint density at radius 2 is 1.94 bits per heavy atom. The monoisotopic (exact) mass is 308 g/mol. The third-order valence-corrected chi connectivity index (χ3v) is 3.71. The van der Waals surface area contributed by atoms with Crippen molar-refractivity contribution in [3.05, 3.63) is 51.8 Å². The highest BCUT2D eigenvalue weighted by atomic mass is 79.9. The summed E-state index contributed by atoms with van der Waals surface area (Å²) < 4.78 is 2.65. The molecule has 1 aromatic heterocycles. The van der Waals surface area contributed by atoms with Gasteiger partial charge in [0.2, 0.25) is 0 Å². The maximum absolute atomic E-state index is 10.4. The Labute approximate surface area is 116 Å². The highest BCUT2D eigenvalue weighted by Gasteiger charge is 2.18. The van der Waals surface area contributed by atoms with E-state index in [1.807, 2.05) is 23.7 Å². The zero-order valence-electron chi connectivity index (χ0n) is 10.6. The maximum Gasteiger partial charge on any atom is 0.122 e. The Bertz CT molecular complexity index is 519. The molecular weight excluding hydrogens is 292 g/mol. The molecule has 0 spiro atoms. The van der Waals surface area contributed by atoms with Gasteiger partial charge in [-0.15, -0.1) is 0 Å². The van der Waals surface area contributed by atoms with Gasteiger partial charge in [-0.1, -0.05) is 31.2 Å². The van der Waals surface area contributed by atoms with E-state index in [1.54, 1.807) is 6.20 Å². The number of nitrogens with zero attached hydrogens (tertiary/aromatic N) is 2. The van der Waals surface area contributed by atoms with Crippen molar-refractivity contribution < 1.29 is 5.11 Å². The normalized spacial score (nSPS) is 12.7. The van der Waals surface area contributed by atoms with E-state index in [1.165, 1.54) is 5.56 Å². The van der Waals surface area contributed by atoms with Crippen LogP contribution < -0.4 is 0 Å². The fourth-order valence-electron chi connectivity index (χ4n) is 1.99. The number of hydrogen-bond donors (Lipinski definition) is 1. The maximum atomic E-state index is 10.4. The Balaban J connectivity index is 2.34. The summed E-state index contributed by atoms with van der Waals surface area (Å²) in [5.41, 5.74) is 2.97. The molecule has 0 aliphatic carbocycles. The van der Waals surface area contributed by atoms with Crippen LogP contribution in [-0.2, 0) is 13.0 Å². The molecule has 1 atom stereocenters. The first-order valence-electron chi connectivity index (χ1n) is 6.15. The van der Waals surface area contributed by atoms with Crippen molar-refractivity contribution in [1.29, 1.82) is 0 Å². The zero-order chi connectivity index (χ0) is 13.1. The Kier molecular flexibility index (Phi) is 4.19. The van der Waals surface area contributed by atoms with Crippen LogP contribution in [0.15, 0.2) is 34.9 Å². The summed E-state index contributed by atoms with van der Waals surface area (Å²) in [5.74, 6) is 0. The predicted octanol–water partition coefficient (Wildman–Crippen LogP) is 3.31. The molecule has 2 aromatic rings. The molecule has 0 bridgehead atoms. The topological polar surface area (TPSA) is 38.1 Å². The van der Waals surface area contributed by atoms with Gasteiger partial charge in [-0.2, -0.15) is 5.10 Å². The molecule has 3 nitrogen and oxygen atoms in total. The Hall–Kier alpha value is -1.13. The van der Waals surface area contributed by atoms with Crippen LogP contribution >= 0.6 is 15.9 Å². The van der Waals surface area contributed by atoms with Gasteiger partial charge >= 0.3 is 0 Å².